The van der Waals surface area contributed by atoms with Crippen LogP contribution in [0.3, 0.4) is 0 Å². The Labute approximate surface area is 107 Å². The van der Waals surface area contributed by atoms with Crippen molar-refractivity contribution in [3.63, 3.8) is 0 Å². The summed E-state index contributed by atoms with van der Waals surface area (Å²) in [4.78, 5) is 11.6. The van der Waals surface area contributed by atoms with E-state index in [9.17, 15) is 13.2 Å². The maximum absolute atomic E-state index is 11.5. The van der Waals surface area contributed by atoms with Crippen molar-refractivity contribution >= 4 is 15.7 Å². The van der Waals surface area contributed by atoms with Gasteiger partial charge < -0.3 is 10.1 Å². The van der Waals surface area contributed by atoms with Crippen LogP contribution >= 0.6 is 0 Å². The second kappa shape index (κ2) is 6.51. The molecule has 1 amide bonds. The summed E-state index contributed by atoms with van der Waals surface area (Å²) in [6, 6.07) is 6.62. The molecule has 18 heavy (non-hydrogen) atoms. The average molecular weight is 271 g/mol. The quantitative estimate of drug-likeness (QED) is 0.828. The lowest BCUT2D eigenvalue weighted by atomic mass is 10.2. The Morgan fingerprint density at radius 1 is 1.33 bits per heavy atom. The Balaban J connectivity index is 2.71. The van der Waals surface area contributed by atoms with Gasteiger partial charge >= 0.3 is 0 Å². The molecular weight excluding hydrogens is 254 g/mol. The predicted molar refractivity (Wildman–Crippen MR) is 67.9 cm³/mol. The number of benzene rings is 1. The minimum atomic E-state index is -3.27. The number of carbonyl (C=O) groups excluding carboxylic acids is 1. The summed E-state index contributed by atoms with van der Waals surface area (Å²) >= 11 is 0. The number of amides is 1. The molecule has 0 spiro atoms. The van der Waals surface area contributed by atoms with E-state index < -0.39 is 9.84 Å². The molecule has 0 aliphatic rings. The van der Waals surface area contributed by atoms with Crippen molar-refractivity contribution < 1.29 is 17.9 Å². The van der Waals surface area contributed by atoms with Crippen LogP contribution in [-0.4, -0.2) is 34.3 Å². The summed E-state index contributed by atoms with van der Waals surface area (Å²) < 4.78 is 27.9. The van der Waals surface area contributed by atoms with Gasteiger partial charge in [-0.25, -0.2) is 8.42 Å². The normalized spacial score (nSPS) is 11.2. The van der Waals surface area contributed by atoms with Crippen LogP contribution in [0, 0.1) is 0 Å². The molecule has 1 rings (SSSR count). The molecular formula is C12H17NO4S. The Morgan fingerprint density at radius 2 is 2.00 bits per heavy atom. The van der Waals surface area contributed by atoms with Gasteiger partial charge in [-0.05, 0) is 11.6 Å². The number of hydrogen-bond acceptors (Lipinski definition) is 4. The highest BCUT2D eigenvalue weighted by Gasteiger charge is 2.12. The van der Waals surface area contributed by atoms with Gasteiger partial charge in [-0.2, -0.15) is 0 Å². The van der Waals surface area contributed by atoms with Gasteiger partial charge in [0.1, 0.15) is 0 Å². The van der Waals surface area contributed by atoms with E-state index in [1.54, 1.807) is 18.2 Å². The highest BCUT2D eigenvalue weighted by Crippen LogP contribution is 2.14. The Hall–Kier alpha value is -1.40. The van der Waals surface area contributed by atoms with E-state index in [1.165, 1.54) is 13.2 Å². The molecule has 0 aliphatic carbocycles. The molecule has 5 nitrogen and oxygen atoms in total. The molecule has 1 aromatic rings. The summed E-state index contributed by atoms with van der Waals surface area (Å²) in [5.74, 6) is -0.167. The molecule has 0 aromatic heterocycles. The molecule has 0 saturated heterocycles. The molecule has 1 aromatic carbocycles. The van der Waals surface area contributed by atoms with Crippen molar-refractivity contribution in [1.29, 1.82) is 0 Å². The van der Waals surface area contributed by atoms with Crippen molar-refractivity contribution in [2.75, 3.05) is 20.0 Å². The summed E-state index contributed by atoms with van der Waals surface area (Å²) in [6.07, 6.45) is 1.41. The van der Waals surface area contributed by atoms with Crippen molar-refractivity contribution in [1.82, 2.24) is 5.32 Å². The zero-order chi connectivity index (χ0) is 13.6. The van der Waals surface area contributed by atoms with Gasteiger partial charge in [0.05, 0.1) is 11.5 Å². The standard InChI is InChI=1S/C12H17NO4S/c1-17-8-7-12(14)13-9-10-5-3-4-6-11(10)18(2,15)16/h3-6H,7-9H2,1-2H3,(H,13,14). The lowest BCUT2D eigenvalue weighted by Crippen LogP contribution is -2.24. The van der Waals surface area contributed by atoms with E-state index in [0.29, 0.717) is 12.2 Å². The van der Waals surface area contributed by atoms with E-state index in [0.717, 1.165) is 6.26 Å². The van der Waals surface area contributed by atoms with Crippen LogP contribution in [0.5, 0.6) is 0 Å². The van der Waals surface area contributed by atoms with Crippen molar-refractivity contribution in [3.05, 3.63) is 29.8 Å². The van der Waals surface area contributed by atoms with E-state index in [1.807, 2.05) is 0 Å². The fourth-order valence-corrected chi connectivity index (χ4v) is 2.43. The highest BCUT2D eigenvalue weighted by atomic mass is 32.2. The summed E-state index contributed by atoms with van der Waals surface area (Å²) in [5.41, 5.74) is 0.589. The summed E-state index contributed by atoms with van der Waals surface area (Å²) in [7, 11) is -1.75. The summed E-state index contributed by atoms with van der Waals surface area (Å²) in [6.45, 7) is 0.547. The highest BCUT2D eigenvalue weighted by molar-refractivity contribution is 7.90. The molecule has 0 aliphatic heterocycles. The van der Waals surface area contributed by atoms with Gasteiger partial charge in [0.25, 0.3) is 0 Å². The molecule has 0 unspecified atom stereocenters. The first-order valence-corrected chi connectivity index (χ1v) is 7.38. The number of carbonyl (C=O) groups is 1. The molecule has 0 radical (unpaired) electrons. The minimum Gasteiger partial charge on any atom is -0.384 e. The van der Waals surface area contributed by atoms with Crippen LogP contribution in [0.25, 0.3) is 0 Å². The van der Waals surface area contributed by atoms with Crippen LogP contribution in [0.15, 0.2) is 29.2 Å². The van der Waals surface area contributed by atoms with Gasteiger partial charge in [-0.3, -0.25) is 4.79 Å². The number of methoxy groups -OCH3 is 1. The van der Waals surface area contributed by atoms with Crippen LogP contribution in [0.1, 0.15) is 12.0 Å². The number of hydrogen-bond donors (Lipinski definition) is 1. The number of ether oxygens (including phenoxy) is 1. The van der Waals surface area contributed by atoms with Gasteiger partial charge in [-0.1, -0.05) is 18.2 Å². The smallest absolute Gasteiger partial charge is 0.222 e. The summed E-state index contributed by atoms with van der Waals surface area (Å²) in [5, 5.41) is 2.66. The lowest BCUT2D eigenvalue weighted by Gasteiger charge is -2.09. The largest absolute Gasteiger partial charge is 0.384 e. The van der Waals surface area contributed by atoms with Crippen LogP contribution in [0.4, 0.5) is 0 Å². The molecule has 1 N–H and O–H groups in total. The van der Waals surface area contributed by atoms with E-state index in [2.05, 4.69) is 5.32 Å². The van der Waals surface area contributed by atoms with Crippen molar-refractivity contribution in [2.45, 2.75) is 17.9 Å². The Bertz CT molecular complexity index is 511. The molecule has 0 fully saturated rings. The van der Waals surface area contributed by atoms with E-state index in [-0.39, 0.29) is 23.8 Å². The van der Waals surface area contributed by atoms with Gasteiger partial charge in [0.2, 0.25) is 5.91 Å². The average Bonchev–Trinajstić information content (AvgIpc) is 2.33. The molecule has 0 saturated carbocycles. The second-order valence-corrected chi connectivity index (χ2v) is 5.88. The van der Waals surface area contributed by atoms with Crippen LogP contribution < -0.4 is 5.32 Å². The maximum Gasteiger partial charge on any atom is 0.222 e. The number of sulfone groups is 1. The molecule has 6 heteroatoms. The molecule has 0 bridgehead atoms. The first-order valence-electron chi connectivity index (χ1n) is 5.48. The second-order valence-electron chi connectivity index (χ2n) is 3.90. The van der Waals surface area contributed by atoms with E-state index >= 15 is 0 Å². The van der Waals surface area contributed by atoms with Gasteiger partial charge in [0, 0.05) is 26.3 Å². The third kappa shape index (κ3) is 4.46. The first kappa shape index (κ1) is 14.7. The minimum absolute atomic E-state index is 0.167. The molecule has 0 atom stereocenters. The Kier molecular flexibility index (Phi) is 5.30. The zero-order valence-electron chi connectivity index (χ0n) is 10.5. The fraction of sp³-hybridized carbons (Fsp3) is 0.417. The van der Waals surface area contributed by atoms with Gasteiger partial charge in [-0.15, -0.1) is 0 Å². The predicted octanol–water partition coefficient (Wildman–Crippen LogP) is 0.743. The number of nitrogens with one attached hydrogen (secondary N) is 1. The molecule has 100 valence electrons. The van der Waals surface area contributed by atoms with Crippen molar-refractivity contribution in [2.24, 2.45) is 0 Å². The van der Waals surface area contributed by atoms with E-state index in [4.69, 9.17) is 4.74 Å². The van der Waals surface area contributed by atoms with Crippen LogP contribution in [-0.2, 0) is 25.9 Å². The monoisotopic (exact) mass is 271 g/mol. The first-order chi connectivity index (χ1) is 8.45. The third-order valence-corrected chi connectivity index (χ3v) is 3.58. The zero-order valence-corrected chi connectivity index (χ0v) is 11.3. The number of rotatable bonds is 6. The van der Waals surface area contributed by atoms with Crippen LogP contribution in [0.2, 0.25) is 0 Å². The Morgan fingerprint density at radius 3 is 2.61 bits per heavy atom. The molecule has 0 heterocycles. The van der Waals surface area contributed by atoms with Crippen molar-refractivity contribution in [3.8, 4) is 0 Å². The third-order valence-electron chi connectivity index (χ3n) is 2.38. The van der Waals surface area contributed by atoms with Gasteiger partial charge in [0.15, 0.2) is 9.84 Å². The maximum atomic E-state index is 11.5. The fourth-order valence-electron chi connectivity index (χ4n) is 1.49. The topological polar surface area (TPSA) is 72.5 Å². The lowest BCUT2D eigenvalue weighted by molar-refractivity contribution is -0.122. The SMILES string of the molecule is COCCC(=O)NCc1ccccc1S(C)(=O)=O.